The van der Waals surface area contributed by atoms with E-state index in [0.29, 0.717) is 23.7 Å². The van der Waals surface area contributed by atoms with Gasteiger partial charge in [0.25, 0.3) is 11.7 Å². The maximum absolute atomic E-state index is 13.3. The number of halogens is 3. The summed E-state index contributed by atoms with van der Waals surface area (Å²) in [5.74, 6) is -1.90. The van der Waals surface area contributed by atoms with E-state index in [9.17, 15) is 27.9 Å². The Balaban J connectivity index is 1.84. The van der Waals surface area contributed by atoms with Crippen molar-refractivity contribution in [1.29, 1.82) is 0 Å². The molecule has 4 rings (SSSR count). The number of carbonyl (C=O) groups is 2. The lowest BCUT2D eigenvalue weighted by Crippen LogP contribution is -2.29. The molecular formula is C28H24F3NO6. The van der Waals surface area contributed by atoms with E-state index in [1.807, 2.05) is 6.92 Å². The molecule has 1 atom stereocenters. The van der Waals surface area contributed by atoms with Crippen molar-refractivity contribution in [2.75, 3.05) is 18.6 Å². The standard InChI is InChI=1S/C28H24F3NO6/c1-3-14-37-22-9-5-7-18(16-22)25(33)23-24(17-6-4-8-21(15-17)36-2)32(27(35)26(23)34)19-10-12-20(13-11-19)38-28(29,30)31/h4-13,15-16,24,33H,3,14H2,1-2H3/b25-23-. The molecular weight excluding hydrogens is 503 g/mol. The molecule has 0 aromatic heterocycles. The molecule has 198 valence electrons. The lowest BCUT2D eigenvalue weighted by atomic mass is 9.95. The Morgan fingerprint density at radius 3 is 2.29 bits per heavy atom. The number of anilines is 1. The molecule has 0 aliphatic carbocycles. The highest BCUT2D eigenvalue weighted by atomic mass is 19.4. The topological polar surface area (TPSA) is 85.3 Å². The Kier molecular flexibility index (Phi) is 7.61. The number of alkyl halides is 3. The first kappa shape index (κ1) is 26.6. The average molecular weight is 527 g/mol. The van der Waals surface area contributed by atoms with Crippen molar-refractivity contribution < 1.29 is 42.1 Å². The van der Waals surface area contributed by atoms with E-state index >= 15 is 0 Å². The largest absolute Gasteiger partial charge is 0.573 e. The van der Waals surface area contributed by atoms with Gasteiger partial charge in [0.2, 0.25) is 0 Å². The monoisotopic (exact) mass is 527 g/mol. The second-order valence-electron chi connectivity index (χ2n) is 8.36. The number of carbonyl (C=O) groups excluding carboxylic acids is 2. The average Bonchev–Trinajstić information content (AvgIpc) is 3.17. The number of rotatable bonds is 8. The predicted octanol–water partition coefficient (Wildman–Crippen LogP) is 6.01. The van der Waals surface area contributed by atoms with Gasteiger partial charge in [-0.05, 0) is 60.5 Å². The normalized spacial score (nSPS) is 17.0. The minimum Gasteiger partial charge on any atom is -0.507 e. The molecule has 0 spiro atoms. The van der Waals surface area contributed by atoms with Crippen molar-refractivity contribution in [3.63, 3.8) is 0 Å². The number of methoxy groups -OCH3 is 1. The molecule has 0 saturated carbocycles. The third kappa shape index (κ3) is 5.59. The summed E-state index contributed by atoms with van der Waals surface area (Å²) in [5.41, 5.74) is 0.651. The van der Waals surface area contributed by atoms with Crippen LogP contribution in [-0.4, -0.2) is 36.9 Å². The Hall–Kier alpha value is -4.47. The van der Waals surface area contributed by atoms with Gasteiger partial charge < -0.3 is 19.3 Å². The fraction of sp³-hybridized carbons (Fsp3) is 0.214. The zero-order valence-corrected chi connectivity index (χ0v) is 20.5. The number of aliphatic hydroxyl groups is 1. The number of nitrogens with zero attached hydrogens (tertiary/aromatic N) is 1. The predicted molar refractivity (Wildman–Crippen MR) is 133 cm³/mol. The number of hydrogen-bond donors (Lipinski definition) is 1. The Bertz CT molecular complexity index is 1370. The lowest BCUT2D eigenvalue weighted by Gasteiger charge is -2.26. The molecule has 1 fully saturated rings. The van der Waals surface area contributed by atoms with Crippen molar-refractivity contribution in [2.45, 2.75) is 25.7 Å². The molecule has 1 saturated heterocycles. The summed E-state index contributed by atoms with van der Waals surface area (Å²) in [4.78, 5) is 27.7. The molecule has 3 aromatic rings. The summed E-state index contributed by atoms with van der Waals surface area (Å²) >= 11 is 0. The second-order valence-corrected chi connectivity index (χ2v) is 8.36. The van der Waals surface area contributed by atoms with Crippen LogP contribution in [0.1, 0.15) is 30.5 Å². The Labute approximate surface area is 216 Å². The molecule has 0 bridgehead atoms. The van der Waals surface area contributed by atoms with Gasteiger partial charge in [-0.25, -0.2) is 0 Å². The lowest BCUT2D eigenvalue weighted by molar-refractivity contribution is -0.274. The molecule has 0 radical (unpaired) electrons. The zero-order chi connectivity index (χ0) is 27.4. The van der Waals surface area contributed by atoms with Crippen LogP contribution in [0.2, 0.25) is 0 Å². The molecule has 1 heterocycles. The first-order chi connectivity index (χ1) is 18.1. The van der Waals surface area contributed by atoms with E-state index in [1.54, 1.807) is 48.5 Å². The summed E-state index contributed by atoms with van der Waals surface area (Å²) in [6.07, 6.45) is -4.12. The molecule has 3 aromatic carbocycles. The van der Waals surface area contributed by atoms with Crippen LogP contribution in [0.5, 0.6) is 17.2 Å². The zero-order valence-electron chi connectivity index (χ0n) is 20.5. The van der Waals surface area contributed by atoms with Gasteiger partial charge in [-0.2, -0.15) is 0 Å². The fourth-order valence-electron chi connectivity index (χ4n) is 4.14. The smallest absolute Gasteiger partial charge is 0.507 e. The minimum atomic E-state index is -4.89. The molecule has 10 heteroatoms. The van der Waals surface area contributed by atoms with E-state index in [4.69, 9.17) is 9.47 Å². The first-order valence-corrected chi connectivity index (χ1v) is 11.7. The van der Waals surface area contributed by atoms with Crippen LogP contribution in [-0.2, 0) is 9.59 Å². The van der Waals surface area contributed by atoms with Gasteiger partial charge in [-0.3, -0.25) is 14.5 Å². The summed E-state index contributed by atoms with van der Waals surface area (Å²) in [6, 6.07) is 16.5. The highest BCUT2D eigenvalue weighted by Crippen LogP contribution is 2.43. The summed E-state index contributed by atoms with van der Waals surface area (Å²) in [6.45, 7) is 2.40. The molecule has 38 heavy (non-hydrogen) atoms. The van der Waals surface area contributed by atoms with Crippen molar-refractivity contribution in [3.8, 4) is 17.2 Å². The second kappa shape index (κ2) is 10.9. The Morgan fingerprint density at radius 2 is 1.63 bits per heavy atom. The van der Waals surface area contributed by atoms with E-state index in [1.165, 1.54) is 19.2 Å². The van der Waals surface area contributed by atoms with Gasteiger partial charge in [0.15, 0.2) is 0 Å². The minimum absolute atomic E-state index is 0.133. The van der Waals surface area contributed by atoms with E-state index < -0.39 is 35.6 Å². The molecule has 1 aliphatic rings. The van der Waals surface area contributed by atoms with Crippen LogP contribution in [0.3, 0.4) is 0 Å². The van der Waals surface area contributed by atoms with E-state index in [-0.39, 0.29) is 16.8 Å². The maximum atomic E-state index is 13.3. The first-order valence-electron chi connectivity index (χ1n) is 11.7. The number of benzene rings is 3. The van der Waals surface area contributed by atoms with E-state index in [0.717, 1.165) is 23.5 Å². The summed E-state index contributed by atoms with van der Waals surface area (Å²) in [7, 11) is 1.46. The number of amides is 1. The molecule has 1 unspecified atom stereocenters. The van der Waals surface area contributed by atoms with Gasteiger partial charge >= 0.3 is 6.36 Å². The van der Waals surface area contributed by atoms with Gasteiger partial charge in [-0.1, -0.05) is 31.2 Å². The Morgan fingerprint density at radius 1 is 0.947 bits per heavy atom. The van der Waals surface area contributed by atoms with Gasteiger partial charge in [0.05, 0.1) is 25.3 Å². The van der Waals surface area contributed by atoms with E-state index in [2.05, 4.69) is 4.74 Å². The number of aliphatic hydroxyl groups excluding tert-OH is 1. The third-order valence-corrected chi connectivity index (χ3v) is 5.78. The van der Waals surface area contributed by atoms with Crippen LogP contribution in [0.4, 0.5) is 18.9 Å². The van der Waals surface area contributed by atoms with Crippen LogP contribution in [0.25, 0.3) is 5.76 Å². The van der Waals surface area contributed by atoms with Gasteiger partial charge in [0, 0.05) is 11.3 Å². The molecule has 7 nitrogen and oxygen atoms in total. The van der Waals surface area contributed by atoms with Crippen LogP contribution in [0, 0.1) is 0 Å². The van der Waals surface area contributed by atoms with Crippen LogP contribution < -0.4 is 19.1 Å². The van der Waals surface area contributed by atoms with Crippen molar-refractivity contribution in [1.82, 2.24) is 0 Å². The quantitative estimate of drug-likeness (QED) is 0.220. The number of ketones is 1. The number of Topliss-reactive ketones (excluding diaryl/α,β-unsaturated/α-hetero) is 1. The van der Waals surface area contributed by atoms with Crippen molar-refractivity contribution in [2.24, 2.45) is 0 Å². The highest BCUT2D eigenvalue weighted by molar-refractivity contribution is 6.51. The maximum Gasteiger partial charge on any atom is 0.573 e. The van der Waals surface area contributed by atoms with Crippen LogP contribution in [0.15, 0.2) is 78.4 Å². The SMILES string of the molecule is CCCOc1cccc(/C(O)=C2/C(=O)C(=O)N(c3ccc(OC(F)(F)F)cc3)C2c2cccc(OC)c2)c1. The molecule has 1 N–H and O–H groups in total. The third-order valence-electron chi connectivity index (χ3n) is 5.78. The van der Waals surface area contributed by atoms with Crippen molar-refractivity contribution in [3.05, 3.63) is 89.5 Å². The van der Waals surface area contributed by atoms with Crippen LogP contribution >= 0.6 is 0 Å². The molecule has 1 amide bonds. The fourth-order valence-corrected chi connectivity index (χ4v) is 4.14. The number of ether oxygens (including phenoxy) is 3. The van der Waals surface area contributed by atoms with Gasteiger partial charge in [0.1, 0.15) is 23.0 Å². The summed E-state index contributed by atoms with van der Waals surface area (Å²) < 4.78 is 52.7. The number of hydrogen-bond acceptors (Lipinski definition) is 6. The highest BCUT2D eigenvalue weighted by Gasteiger charge is 2.47. The molecule has 1 aliphatic heterocycles. The summed E-state index contributed by atoms with van der Waals surface area (Å²) in [5, 5.41) is 11.3. The van der Waals surface area contributed by atoms with Crippen molar-refractivity contribution >= 4 is 23.1 Å². The van der Waals surface area contributed by atoms with Gasteiger partial charge in [-0.15, -0.1) is 13.2 Å².